The number of nitro groups is 1. The summed E-state index contributed by atoms with van der Waals surface area (Å²) in [5, 5.41) is 17.6. The summed E-state index contributed by atoms with van der Waals surface area (Å²) < 4.78 is 30.5. The van der Waals surface area contributed by atoms with Gasteiger partial charge in [-0.2, -0.15) is 4.98 Å². The fraction of sp³-hybridized carbons (Fsp3) is 0.300. The van der Waals surface area contributed by atoms with Gasteiger partial charge in [-0.15, -0.1) is 0 Å². The number of non-ortho nitro benzene ring substituents is 1. The van der Waals surface area contributed by atoms with Gasteiger partial charge in [0.15, 0.2) is 9.84 Å². The number of nitrogens with zero attached hydrogens (tertiary/aromatic N) is 3. The molecule has 0 aliphatic heterocycles. The predicted octanol–water partition coefficient (Wildman–Crippen LogP) is 3.97. The van der Waals surface area contributed by atoms with E-state index in [9.17, 15) is 18.5 Å². The number of nitrogens with one attached hydrogen (secondary N) is 1. The van der Waals surface area contributed by atoms with Crippen molar-refractivity contribution in [2.45, 2.75) is 42.4 Å². The topological polar surface area (TPSA) is 128 Å². The molecule has 0 amide bonds. The standard InChI is InChI=1S/C20H20N4O5S/c25-24(26)16-5-3-4-14(12-16)20-22-19(29-23-20)13-21-15-8-10-18(11-9-15)30(27,28)17-6-1-2-7-17/h3-5,8-12,17,21H,1-2,6-7,13H2. The van der Waals surface area contributed by atoms with Gasteiger partial charge in [-0.25, -0.2) is 8.42 Å². The van der Waals surface area contributed by atoms with Crippen LogP contribution in [0.4, 0.5) is 11.4 Å². The van der Waals surface area contributed by atoms with Gasteiger partial charge >= 0.3 is 0 Å². The van der Waals surface area contributed by atoms with Gasteiger partial charge in [0.05, 0.1) is 21.6 Å². The van der Waals surface area contributed by atoms with Crippen LogP contribution in [0.2, 0.25) is 0 Å². The van der Waals surface area contributed by atoms with Crippen molar-refractivity contribution in [3.63, 3.8) is 0 Å². The van der Waals surface area contributed by atoms with Crippen LogP contribution in [0.5, 0.6) is 0 Å². The summed E-state index contributed by atoms with van der Waals surface area (Å²) in [6, 6.07) is 12.6. The maximum atomic E-state index is 12.6. The first-order chi connectivity index (χ1) is 14.4. The van der Waals surface area contributed by atoms with Gasteiger partial charge in [0.25, 0.3) is 5.69 Å². The van der Waals surface area contributed by atoms with Gasteiger partial charge in [0.2, 0.25) is 11.7 Å². The summed E-state index contributed by atoms with van der Waals surface area (Å²) in [7, 11) is -3.28. The summed E-state index contributed by atoms with van der Waals surface area (Å²) >= 11 is 0. The molecular formula is C20H20N4O5S. The molecule has 0 radical (unpaired) electrons. The minimum absolute atomic E-state index is 0.0513. The van der Waals surface area contributed by atoms with Crippen LogP contribution in [-0.2, 0) is 16.4 Å². The Kier molecular flexibility index (Phi) is 5.49. The van der Waals surface area contributed by atoms with Crippen molar-refractivity contribution in [2.75, 3.05) is 5.32 Å². The molecule has 1 aromatic heterocycles. The number of sulfone groups is 1. The smallest absolute Gasteiger partial charge is 0.270 e. The van der Waals surface area contributed by atoms with Gasteiger partial charge < -0.3 is 9.84 Å². The zero-order chi connectivity index (χ0) is 21.1. The first kappa shape index (κ1) is 20.0. The van der Waals surface area contributed by atoms with Crippen molar-refractivity contribution < 1.29 is 17.9 Å². The fourth-order valence-electron chi connectivity index (χ4n) is 3.53. The summed E-state index contributed by atoms with van der Waals surface area (Å²) in [5.74, 6) is 0.563. The molecule has 156 valence electrons. The van der Waals surface area contributed by atoms with Crippen molar-refractivity contribution in [1.82, 2.24) is 10.1 Å². The van der Waals surface area contributed by atoms with Crippen molar-refractivity contribution >= 4 is 21.2 Å². The van der Waals surface area contributed by atoms with Crippen LogP contribution < -0.4 is 5.32 Å². The second kappa shape index (κ2) is 8.23. The first-order valence-electron chi connectivity index (χ1n) is 9.59. The van der Waals surface area contributed by atoms with E-state index in [0.29, 0.717) is 16.3 Å². The third-order valence-electron chi connectivity index (χ3n) is 5.15. The molecular weight excluding hydrogens is 408 g/mol. The highest BCUT2D eigenvalue weighted by molar-refractivity contribution is 7.92. The zero-order valence-electron chi connectivity index (χ0n) is 16.0. The number of nitro benzene ring substituents is 1. The summed E-state index contributed by atoms with van der Waals surface area (Å²) in [5.41, 5.74) is 1.15. The number of anilines is 1. The molecule has 4 rings (SSSR count). The molecule has 3 aromatic rings. The van der Waals surface area contributed by atoms with Gasteiger partial charge in [-0.05, 0) is 37.1 Å². The average Bonchev–Trinajstić information content (AvgIpc) is 3.45. The van der Waals surface area contributed by atoms with E-state index in [-0.39, 0.29) is 23.3 Å². The second-order valence-corrected chi connectivity index (χ2v) is 9.38. The number of aromatic nitrogens is 2. The third-order valence-corrected chi connectivity index (χ3v) is 7.43. The maximum Gasteiger partial charge on any atom is 0.270 e. The molecule has 9 nitrogen and oxygen atoms in total. The molecule has 10 heteroatoms. The van der Waals surface area contributed by atoms with E-state index >= 15 is 0 Å². The Morgan fingerprint density at radius 1 is 1.13 bits per heavy atom. The molecule has 1 heterocycles. The zero-order valence-corrected chi connectivity index (χ0v) is 16.8. The molecule has 0 spiro atoms. The highest BCUT2D eigenvalue weighted by Crippen LogP contribution is 2.30. The molecule has 2 aromatic carbocycles. The molecule has 0 saturated heterocycles. The van der Waals surface area contributed by atoms with E-state index in [2.05, 4.69) is 15.5 Å². The largest absolute Gasteiger partial charge is 0.376 e. The van der Waals surface area contributed by atoms with Crippen molar-refractivity contribution in [3.8, 4) is 11.4 Å². The minimum Gasteiger partial charge on any atom is -0.376 e. The van der Waals surface area contributed by atoms with Crippen LogP contribution >= 0.6 is 0 Å². The molecule has 0 atom stereocenters. The normalized spacial score (nSPS) is 14.7. The van der Waals surface area contributed by atoms with Gasteiger partial charge in [0.1, 0.15) is 0 Å². The summed E-state index contributed by atoms with van der Waals surface area (Å²) in [4.78, 5) is 15.0. The van der Waals surface area contributed by atoms with Crippen LogP contribution in [0, 0.1) is 10.1 Å². The van der Waals surface area contributed by atoms with Gasteiger partial charge in [-0.1, -0.05) is 30.1 Å². The highest BCUT2D eigenvalue weighted by Gasteiger charge is 2.30. The number of rotatable bonds is 7. The Balaban J connectivity index is 1.41. The highest BCUT2D eigenvalue weighted by atomic mass is 32.2. The SMILES string of the molecule is O=[N+]([O-])c1cccc(-c2noc(CNc3ccc(S(=O)(=O)C4CCCC4)cc3)n2)c1. The second-order valence-electron chi connectivity index (χ2n) is 7.15. The minimum atomic E-state index is -3.28. The quantitative estimate of drug-likeness (QED) is 0.442. The van der Waals surface area contributed by atoms with E-state index in [1.165, 1.54) is 12.1 Å². The Labute approximate surface area is 173 Å². The summed E-state index contributed by atoms with van der Waals surface area (Å²) in [6.07, 6.45) is 3.39. The Hall–Kier alpha value is -3.27. The summed E-state index contributed by atoms with van der Waals surface area (Å²) in [6.45, 7) is 0.233. The molecule has 30 heavy (non-hydrogen) atoms. The molecule has 1 aliphatic rings. The lowest BCUT2D eigenvalue weighted by Crippen LogP contribution is -2.17. The Morgan fingerprint density at radius 3 is 2.57 bits per heavy atom. The molecule has 1 fully saturated rings. The molecule has 1 aliphatic carbocycles. The maximum absolute atomic E-state index is 12.6. The number of benzene rings is 2. The van der Waals surface area contributed by atoms with Crippen molar-refractivity contribution in [3.05, 3.63) is 64.5 Å². The molecule has 1 saturated carbocycles. The lowest BCUT2D eigenvalue weighted by atomic mass is 10.2. The van der Waals surface area contributed by atoms with E-state index < -0.39 is 14.8 Å². The third kappa shape index (κ3) is 4.18. The van der Waals surface area contributed by atoms with Crippen LogP contribution in [0.3, 0.4) is 0 Å². The van der Waals surface area contributed by atoms with Crippen LogP contribution in [-0.4, -0.2) is 28.7 Å². The molecule has 0 unspecified atom stereocenters. The van der Waals surface area contributed by atoms with E-state index in [4.69, 9.17) is 4.52 Å². The Morgan fingerprint density at radius 2 is 1.87 bits per heavy atom. The van der Waals surface area contributed by atoms with E-state index in [0.717, 1.165) is 31.4 Å². The van der Waals surface area contributed by atoms with Crippen LogP contribution in [0.15, 0.2) is 57.9 Å². The fourth-order valence-corrected chi connectivity index (χ4v) is 5.39. The number of hydrogen-bond acceptors (Lipinski definition) is 8. The number of hydrogen-bond donors (Lipinski definition) is 1. The molecule has 1 N–H and O–H groups in total. The predicted molar refractivity (Wildman–Crippen MR) is 110 cm³/mol. The molecule has 0 bridgehead atoms. The Bertz CT molecular complexity index is 1150. The lowest BCUT2D eigenvalue weighted by Gasteiger charge is -2.11. The van der Waals surface area contributed by atoms with Crippen LogP contribution in [0.1, 0.15) is 31.6 Å². The van der Waals surface area contributed by atoms with Crippen molar-refractivity contribution in [1.29, 1.82) is 0 Å². The van der Waals surface area contributed by atoms with Gasteiger partial charge in [-0.3, -0.25) is 10.1 Å². The first-order valence-corrected chi connectivity index (χ1v) is 11.1. The van der Waals surface area contributed by atoms with Crippen molar-refractivity contribution in [2.24, 2.45) is 0 Å². The lowest BCUT2D eigenvalue weighted by molar-refractivity contribution is -0.384. The van der Waals surface area contributed by atoms with E-state index in [1.54, 1.807) is 36.4 Å². The average molecular weight is 428 g/mol. The van der Waals surface area contributed by atoms with Crippen LogP contribution in [0.25, 0.3) is 11.4 Å². The van der Waals surface area contributed by atoms with E-state index in [1.807, 2.05) is 0 Å². The van der Waals surface area contributed by atoms with Gasteiger partial charge in [0, 0.05) is 23.4 Å². The monoisotopic (exact) mass is 428 g/mol.